The van der Waals surface area contributed by atoms with Crippen molar-refractivity contribution >= 4 is 23.4 Å². The van der Waals surface area contributed by atoms with Crippen LogP contribution in [-0.4, -0.2) is 60.5 Å². The van der Waals surface area contributed by atoms with Crippen LogP contribution in [0.25, 0.3) is 0 Å². The average molecular weight is 411 g/mol. The highest BCUT2D eigenvalue weighted by Crippen LogP contribution is 2.30. The second-order valence-corrected chi connectivity index (χ2v) is 8.03. The van der Waals surface area contributed by atoms with Gasteiger partial charge >= 0.3 is 0 Å². The summed E-state index contributed by atoms with van der Waals surface area (Å²) in [5.41, 5.74) is 9.36. The Morgan fingerprint density at radius 2 is 1.93 bits per heavy atom. The molecular weight excluding hydrogens is 380 g/mol. The minimum atomic E-state index is 0.131. The van der Waals surface area contributed by atoms with Crippen molar-refractivity contribution < 1.29 is 9.53 Å². The van der Waals surface area contributed by atoms with Crippen LogP contribution in [0.2, 0.25) is 0 Å². The van der Waals surface area contributed by atoms with Gasteiger partial charge in [-0.25, -0.2) is 0 Å². The van der Waals surface area contributed by atoms with Crippen molar-refractivity contribution in [3.8, 4) is 0 Å². The zero-order valence-electron chi connectivity index (χ0n) is 17.6. The summed E-state index contributed by atoms with van der Waals surface area (Å²) < 4.78 is 5.07. The SMILES string of the molecule is COCCNc1nc(N)c2c(n1)N(Cc1cccc(CN3CCCC3)c1)CC(=O)C2. The Morgan fingerprint density at radius 1 is 1.17 bits per heavy atom. The Hall–Kier alpha value is -2.71. The van der Waals surface area contributed by atoms with Gasteiger partial charge in [-0.2, -0.15) is 9.97 Å². The van der Waals surface area contributed by atoms with Crippen LogP contribution < -0.4 is 16.0 Å². The van der Waals surface area contributed by atoms with Gasteiger partial charge in [0.15, 0.2) is 5.78 Å². The van der Waals surface area contributed by atoms with E-state index in [-0.39, 0.29) is 12.2 Å². The number of hydrogen-bond donors (Lipinski definition) is 2. The van der Waals surface area contributed by atoms with Crippen LogP contribution >= 0.6 is 0 Å². The van der Waals surface area contributed by atoms with Crippen LogP contribution in [0.5, 0.6) is 0 Å². The number of nitrogens with zero attached hydrogens (tertiary/aromatic N) is 4. The lowest BCUT2D eigenvalue weighted by Gasteiger charge is -2.30. The highest BCUT2D eigenvalue weighted by molar-refractivity contribution is 5.91. The Kier molecular flexibility index (Phi) is 6.44. The first-order chi connectivity index (χ1) is 14.6. The Morgan fingerprint density at radius 3 is 2.70 bits per heavy atom. The van der Waals surface area contributed by atoms with Gasteiger partial charge < -0.3 is 20.7 Å². The number of carbonyl (C=O) groups excluding carboxylic acids is 1. The predicted molar refractivity (Wildman–Crippen MR) is 118 cm³/mol. The number of Topliss-reactive ketones (excluding diaryl/α,β-unsaturated/α-hetero) is 1. The van der Waals surface area contributed by atoms with Crippen molar-refractivity contribution in [2.75, 3.05) is 55.8 Å². The van der Waals surface area contributed by atoms with Crippen molar-refractivity contribution in [3.05, 3.63) is 41.0 Å². The van der Waals surface area contributed by atoms with Gasteiger partial charge in [0, 0.05) is 38.7 Å². The van der Waals surface area contributed by atoms with Crippen molar-refractivity contribution in [2.24, 2.45) is 0 Å². The molecule has 8 nitrogen and oxygen atoms in total. The van der Waals surface area contributed by atoms with Gasteiger partial charge in [0.25, 0.3) is 0 Å². The maximum Gasteiger partial charge on any atom is 0.226 e. The Bertz CT molecular complexity index is 897. The summed E-state index contributed by atoms with van der Waals surface area (Å²) in [4.78, 5) is 25.9. The van der Waals surface area contributed by atoms with E-state index in [0.29, 0.717) is 38.0 Å². The fourth-order valence-electron chi connectivity index (χ4n) is 4.18. The number of rotatable bonds is 8. The summed E-state index contributed by atoms with van der Waals surface area (Å²) in [6.45, 7) is 5.41. The fourth-order valence-corrected chi connectivity index (χ4v) is 4.18. The number of nitrogens with one attached hydrogen (secondary N) is 1. The number of ketones is 1. The molecule has 2 aliphatic rings. The van der Waals surface area contributed by atoms with Crippen molar-refractivity contribution in [3.63, 3.8) is 0 Å². The lowest BCUT2D eigenvalue weighted by molar-refractivity contribution is -0.117. The average Bonchev–Trinajstić information content (AvgIpc) is 3.22. The summed E-state index contributed by atoms with van der Waals surface area (Å²) >= 11 is 0. The Balaban J connectivity index is 1.54. The molecule has 4 rings (SSSR count). The molecular formula is C22H30N6O2. The smallest absolute Gasteiger partial charge is 0.226 e. The zero-order chi connectivity index (χ0) is 20.9. The number of methoxy groups -OCH3 is 1. The first-order valence-electron chi connectivity index (χ1n) is 10.6. The lowest BCUT2D eigenvalue weighted by atomic mass is 10.0. The summed E-state index contributed by atoms with van der Waals surface area (Å²) in [5, 5.41) is 3.14. The van der Waals surface area contributed by atoms with E-state index in [1.54, 1.807) is 7.11 Å². The number of carbonyl (C=O) groups is 1. The molecule has 1 aromatic heterocycles. The molecule has 1 saturated heterocycles. The third kappa shape index (κ3) is 4.88. The molecule has 0 amide bonds. The number of hydrogen-bond acceptors (Lipinski definition) is 8. The molecule has 0 radical (unpaired) electrons. The van der Waals surface area contributed by atoms with Crippen LogP contribution in [0.4, 0.5) is 17.6 Å². The third-order valence-electron chi connectivity index (χ3n) is 5.62. The van der Waals surface area contributed by atoms with E-state index in [0.717, 1.165) is 17.9 Å². The monoisotopic (exact) mass is 410 g/mol. The van der Waals surface area contributed by atoms with E-state index in [1.165, 1.54) is 37.1 Å². The number of nitrogen functional groups attached to an aromatic ring is 1. The van der Waals surface area contributed by atoms with Gasteiger partial charge in [-0.15, -0.1) is 0 Å². The number of aromatic nitrogens is 2. The molecule has 0 atom stereocenters. The fraction of sp³-hybridized carbons (Fsp3) is 0.500. The predicted octanol–water partition coefficient (Wildman–Crippen LogP) is 1.84. The van der Waals surface area contributed by atoms with E-state index in [4.69, 9.17) is 10.5 Å². The van der Waals surface area contributed by atoms with E-state index < -0.39 is 0 Å². The molecule has 30 heavy (non-hydrogen) atoms. The maximum absolute atomic E-state index is 12.4. The van der Waals surface area contributed by atoms with Gasteiger partial charge in [-0.05, 0) is 37.1 Å². The quantitative estimate of drug-likeness (QED) is 0.637. The van der Waals surface area contributed by atoms with Gasteiger partial charge in [0.05, 0.1) is 13.2 Å². The van der Waals surface area contributed by atoms with Crippen molar-refractivity contribution in [1.29, 1.82) is 0 Å². The van der Waals surface area contributed by atoms with Crippen molar-refractivity contribution in [1.82, 2.24) is 14.9 Å². The second-order valence-electron chi connectivity index (χ2n) is 8.03. The van der Waals surface area contributed by atoms with E-state index in [9.17, 15) is 4.79 Å². The third-order valence-corrected chi connectivity index (χ3v) is 5.62. The number of ether oxygens (including phenoxy) is 1. The molecule has 2 aromatic rings. The van der Waals surface area contributed by atoms with Gasteiger partial charge in [0.2, 0.25) is 5.95 Å². The molecule has 0 spiro atoms. The van der Waals surface area contributed by atoms with Crippen LogP contribution in [0.15, 0.2) is 24.3 Å². The molecule has 0 bridgehead atoms. The molecule has 1 aromatic carbocycles. The van der Waals surface area contributed by atoms with Crippen LogP contribution in [-0.2, 0) is 29.0 Å². The Labute approximate surface area is 177 Å². The summed E-state index contributed by atoms with van der Waals surface area (Å²) in [6.07, 6.45) is 2.85. The summed E-state index contributed by atoms with van der Waals surface area (Å²) in [5.74, 6) is 1.70. The number of fused-ring (bicyclic) bond motifs is 1. The van der Waals surface area contributed by atoms with E-state index in [1.807, 2.05) is 4.90 Å². The van der Waals surface area contributed by atoms with Gasteiger partial charge in [0.1, 0.15) is 11.6 Å². The lowest BCUT2D eigenvalue weighted by Crippen LogP contribution is -2.37. The highest BCUT2D eigenvalue weighted by atomic mass is 16.5. The molecule has 3 heterocycles. The highest BCUT2D eigenvalue weighted by Gasteiger charge is 2.27. The van der Waals surface area contributed by atoms with Crippen LogP contribution in [0.3, 0.4) is 0 Å². The van der Waals surface area contributed by atoms with E-state index >= 15 is 0 Å². The molecule has 160 valence electrons. The molecule has 8 heteroatoms. The maximum atomic E-state index is 12.4. The normalized spacial score (nSPS) is 16.7. The molecule has 0 aliphatic carbocycles. The summed E-state index contributed by atoms with van der Waals surface area (Å²) in [6, 6.07) is 8.61. The molecule has 3 N–H and O–H groups in total. The van der Waals surface area contributed by atoms with Gasteiger partial charge in [-0.3, -0.25) is 9.69 Å². The largest absolute Gasteiger partial charge is 0.383 e. The second kappa shape index (κ2) is 9.40. The van der Waals surface area contributed by atoms with E-state index in [2.05, 4.69) is 44.5 Å². The van der Waals surface area contributed by atoms with Gasteiger partial charge in [-0.1, -0.05) is 24.3 Å². The number of benzene rings is 1. The van der Waals surface area contributed by atoms with Crippen LogP contribution in [0, 0.1) is 0 Å². The van der Waals surface area contributed by atoms with Crippen molar-refractivity contribution in [2.45, 2.75) is 32.4 Å². The minimum Gasteiger partial charge on any atom is -0.383 e. The molecule has 0 saturated carbocycles. The number of nitrogens with two attached hydrogens (primary N) is 1. The molecule has 1 fully saturated rings. The standard InChI is InChI=1S/C22H30N6O2/c1-30-10-7-24-22-25-20(23)19-12-18(29)15-28(21(19)26-22)14-17-6-4-5-16(11-17)13-27-8-2-3-9-27/h4-6,11H,2-3,7-10,12-15H2,1H3,(H3,23,24,25,26). The minimum absolute atomic E-state index is 0.131. The first-order valence-corrected chi connectivity index (χ1v) is 10.6. The number of anilines is 3. The van der Waals surface area contributed by atoms with Crippen LogP contribution in [0.1, 0.15) is 29.5 Å². The zero-order valence-corrected chi connectivity index (χ0v) is 17.6. The summed E-state index contributed by atoms with van der Waals surface area (Å²) in [7, 11) is 1.65. The number of likely N-dealkylation sites (tertiary alicyclic amines) is 1. The molecule has 2 aliphatic heterocycles. The topological polar surface area (TPSA) is 96.6 Å². The molecule has 0 unspecified atom stereocenters. The first kappa shape index (κ1) is 20.6.